The lowest BCUT2D eigenvalue weighted by molar-refractivity contribution is 0.955. The Kier molecular flexibility index (Phi) is 5.02. The Balaban J connectivity index is 2.29. The standard InChI is InChI=1S/C16H21ClN4/c1-5-6-18-14-9-15(20-12(4)19-14)21-16-11(3)7-10(2)8-13(16)17/h7-9H,5-6H2,1-4H3,(H2,18,19,20,21). The third-order valence-electron chi connectivity index (χ3n) is 3.08. The zero-order chi connectivity index (χ0) is 15.4. The molecule has 2 N–H and O–H groups in total. The van der Waals surface area contributed by atoms with Gasteiger partial charge in [0, 0.05) is 12.6 Å². The van der Waals surface area contributed by atoms with Crippen molar-refractivity contribution < 1.29 is 0 Å². The Hall–Kier alpha value is -1.81. The summed E-state index contributed by atoms with van der Waals surface area (Å²) < 4.78 is 0. The van der Waals surface area contributed by atoms with Crippen LogP contribution in [0.25, 0.3) is 0 Å². The summed E-state index contributed by atoms with van der Waals surface area (Å²) >= 11 is 6.33. The highest BCUT2D eigenvalue weighted by Gasteiger charge is 2.08. The molecule has 0 saturated heterocycles. The molecule has 1 aromatic heterocycles. The van der Waals surface area contributed by atoms with Crippen LogP contribution in [0.5, 0.6) is 0 Å². The Labute approximate surface area is 131 Å². The minimum Gasteiger partial charge on any atom is -0.370 e. The topological polar surface area (TPSA) is 49.8 Å². The molecule has 4 nitrogen and oxygen atoms in total. The number of hydrogen-bond donors (Lipinski definition) is 2. The van der Waals surface area contributed by atoms with Gasteiger partial charge < -0.3 is 10.6 Å². The number of anilines is 3. The van der Waals surface area contributed by atoms with Gasteiger partial charge in [-0.3, -0.25) is 0 Å². The van der Waals surface area contributed by atoms with E-state index in [9.17, 15) is 0 Å². The molecular weight excluding hydrogens is 284 g/mol. The van der Waals surface area contributed by atoms with Gasteiger partial charge in [-0.1, -0.05) is 24.6 Å². The molecule has 0 aliphatic carbocycles. The summed E-state index contributed by atoms with van der Waals surface area (Å²) in [6.07, 6.45) is 1.05. The predicted octanol–water partition coefficient (Wildman–Crippen LogP) is 4.62. The highest BCUT2D eigenvalue weighted by Crippen LogP contribution is 2.30. The van der Waals surface area contributed by atoms with Crippen molar-refractivity contribution in [1.82, 2.24) is 9.97 Å². The summed E-state index contributed by atoms with van der Waals surface area (Å²) in [7, 11) is 0. The normalized spacial score (nSPS) is 10.5. The molecule has 0 unspecified atom stereocenters. The monoisotopic (exact) mass is 304 g/mol. The van der Waals surface area contributed by atoms with Crippen molar-refractivity contribution in [2.45, 2.75) is 34.1 Å². The lowest BCUT2D eigenvalue weighted by Crippen LogP contribution is -2.06. The van der Waals surface area contributed by atoms with Gasteiger partial charge in [0.25, 0.3) is 0 Å². The highest BCUT2D eigenvalue weighted by atomic mass is 35.5. The summed E-state index contributed by atoms with van der Waals surface area (Å²) in [6.45, 7) is 8.96. The maximum atomic E-state index is 6.33. The van der Waals surface area contributed by atoms with E-state index in [4.69, 9.17) is 11.6 Å². The minimum atomic E-state index is 0.701. The van der Waals surface area contributed by atoms with Crippen molar-refractivity contribution in [3.8, 4) is 0 Å². The van der Waals surface area contributed by atoms with Crippen molar-refractivity contribution in [3.63, 3.8) is 0 Å². The van der Waals surface area contributed by atoms with Crippen LogP contribution in [0.4, 0.5) is 17.3 Å². The van der Waals surface area contributed by atoms with E-state index in [1.165, 1.54) is 0 Å². The van der Waals surface area contributed by atoms with E-state index in [-0.39, 0.29) is 0 Å². The summed E-state index contributed by atoms with van der Waals surface area (Å²) in [4.78, 5) is 8.80. The molecule has 5 heteroatoms. The molecule has 0 saturated carbocycles. The quantitative estimate of drug-likeness (QED) is 0.846. The Bertz CT molecular complexity index is 617. The minimum absolute atomic E-state index is 0.701. The Morgan fingerprint density at radius 2 is 1.76 bits per heavy atom. The number of aryl methyl sites for hydroxylation is 3. The van der Waals surface area contributed by atoms with E-state index >= 15 is 0 Å². The van der Waals surface area contributed by atoms with Crippen LogP contribution in [-0.2, 0) is 0 Å². The fourth-order valence-corrected chi connectivity index (χ4v) is 2.55. The second kappa shape index (κ2) is 6.76. The average molecular weight is 305 g/mol. The van der Waals surface area contributed by atoms with Gasteiger partial charge in [-0.05, 0) is 44.4 Å². The van der Waals surface area contributed by atoms with Crippen LogP contribution in [0.3, 0.4) is 0 Å². The largest absolute Gasteiger partial charge is 0.370 e. The SMILES string of the molecule is CCCNc1cc(Nc2c(C)cc(C)cc2Cl)nc(C)n1. The predicted molar refractivity (Wildman–Crippen MR) is 89.8 cm³/mol. The number of halogens is 1. The molecule has 1 aromatic carbocycles. The Morgan fingerprint density at radius 3 is 2.43 bits per heavy atom. The number of hydrogen-bond acceptors (Lipinski definition) is 4. The highest BCUT2D eigenvalue weighted by molar-refractivity contribution is 6.33. The van der Waals surface area contributed by atoms with Crippen molar-refractivity contribution in [1.29, 1.82) is 0 Å². The molecule has 2 aromatic rings. The van der Waals surface area contributed by atoms with Crippen molar-refractivity contribution in [2.75, 3.05) is 17.2 Å². The Morgan fingerprint density at radius 1 is 1.05 bits per heavy atom. The average Bonchev–Trinajstić information content (AvgIpc) is 2.40. The summed E-state index contributed by atoms with van der Waals surface area (Å²) in [6, 6.07) is 5.94. The molecule has 0 fully saturated rings. The van der Waals surface area contributed by atoms with E-state index in [2.05, 4.69) is 33.6 Å². The first-order chi connectivity index (χ1) is 9.99. The molecular formula is C16H21ClN4. The molecule has 2 rings (SSSR count). The van der Waals surface area contributed by atoms with Crippen molar-refractivity contribution in [2.24, 2.45) is 0 Å². The van der Waals surface area contributed by atoms with Crippen LogP contribution in [0.15, 0.2) is 18.2 Å². The van der Waals surface area contributed by atoms with Gasteiger partial charge in [-0.2, -0.15) is 0 Å². The van der Waals surface area contributed by atoms with Crippen LogP contribution in [0.1, 0.15) is 30.3 Å². The molecule has 1 heterocycles. The fraction of sp³-hybridized carbons (Fsp3) is 0.375. The van der Waals surface area contributed by atoms with E-state index in [1.807, 2.05) is 32.9 Å². The number of nitrogens with one attached hydrogen (secondary N) is 2. The van der Waals surface area contributed by atoms with E-state index in [0.29, 0.717) is 5.02 Å². The number of aromatic nitrogens is 2. The molecule has 0 bridgehead atoms. The molecule has 0 spiro atoms. The molecule has 0 radical (unpaired) electrons. The van der Waals surface area contributed by atoms with Crippen LogP contribution in [0, 0.1) is 20.8 Å². The third kappa shape index (κ3) is 4.08. The summed E-state index contributed by atoms with van der Waals surface area (Å²) in [5, 5.41) is 7.28. The lowest BCUT2D eigenvalue weighted by atomic mass is 10.1. The maximum absolute atomic E-state index is 6.33. The summed E-state index contributed by atoms with van der Waals surface area (Å²) in [5.41, 5.74) is 3.13. The first-order valence-corrected chi connectivity index (χ1v) is 7.50. The lowest BCUT2D eigenvalue weighted by Gasteiger charge is -2.13. The van der Waals surface area contributed by atoms with Crippen LogP contribution in [-0.4, -0.2) is 16.5 Å². The van der Waals surface area contributed by atoms with Crippen LogP contribution in [0.2, 0.25) is 5.02 Å². The van der Waals surface area contributed by atoms with Gasteiger partial charge in [-0.25, -0.2) is 9.97 Å². The molecule has 21 heavy (non-hydrogen) atoms. The van der Waals surface area contributed by atoms with Gasteiger partial charge in [0.05, 0.1) is 10.7 Å². The second-order valence-corrected chi connectivity index (χ2v) is 5.58. The first kappa shape index (κ1) is 15.6. The van der Waals surface area contributed by atoms with Crippen molar-refractivity contribution in [3.05, 3.63) is 40.2 Å². The zero-order valence-corrected chi connectivity index (χ0v) is 13.7. The molecule has 0 aliphatic rings. The number of nitrogens with zero attached hydrogens (tertiary/aromatic N) is 2. The molecule has 0 amide bonds. The van der Waals surface area contributed by atoms with Crippen LogP contribution >= 0.6 is 11.6 Å². The number of benzene rings is 1. The first-order valence-electron chi connectivity index (χ1n) is 7.13. The maximum Gasteiger partial charge on any atom is 0.136 e. The number of rotatable bonds is 5. The van der Waals surface area contributed by atoms with Gasteiger partial charge in [0.1, 0.15) is 17.5 Å². The smallest absolute Gasteiger partial charge is 0.136 e. The van der Waals surface area contributed by atoms with Crippen molar-refractivity contribution >= 4 is 28.9 Å². The molecule has 0 atom stereocenters. The molecule has 0 aliphatic heterocycles. The fourth-order valence-electron chi connectivity index (χ4n) is 2.18. The third-order valence-corrected chi connectivity index (χ3v) is 3.38. The summed E-state index contributed by atoms with van der Waals surface area (Å²) in [5.74, 6) is 2.29. The van der Waals surface area contributed by atoms with E-state index in [0.717, 1.165) is 47.2 Å². The van der Waals surface area contributed by atoms with Gasteiger partial charge in [0.15, 0.2) is 0 Å². The van der Waals surface area contributed by atoms with Gasteiger partial charge in [0.2, 0.25) is 0 Å². The zero-order valence-electron chi connectivity index (χ0n) is 12.9. The van der Waals surface area contributed by atoms with E-state index in [1.54, 1.807) is 0 Å². The van der Waals surface area contributed by atoms with Gasteiger partial charge >= 0.3 is 0 Å². The van der Waals surface area contributed by atoms with Crippen LogP contribution < -0.4 is 10.6 Å². The molecule has 112 valence electrons. The van der Waals surface area contributed by atoms with E-state index < -0.39 is 0 Å². The second-order valence-electron chi connectivity index (χ2n) is 5.18. The van der Waals surface area contributed by atoms with Gasteiger partial charge in [-0.15, -0.1) is 0 Å².